The second kappa shape index (κ2) is 8.54. The molecule has 7 heteroatoms. The first-order valence-corrected chi connectivity index (χ1v) is 8.64. The quantitative estimate of drug-likeness (QED) is 0.592. The Morgan fingerprint density at radius 1 is 1.33 bits per heavy atom. The number of benzene rings is 1. The van der Waals surface area contributed by atoms with Gasteiger partial charge in [-0.15, -0.1) is 0 Å². The van der Waals surface area contributed by atoms with Crippen LogP contribution in [0.15, 0.2) is 34.2 Å². The second-order valence-corrected chi connectivity index (χ2v) is 6.17. The van der Waals surface area contributed by atoms with Crippen LogP contribution in [0, 0.1) is 6.92 Å². The molecular weight excluding hydrogens is 326 g/mol. The van der Waals surface area contributed by atoms with E-state index in [0.717, 1.165) is 17.0 Å². The number of aromatic nitrogens is 2. The molecule has 6 nitrogen and oxygen atoms in total. The van der Waals surface area contributed by atoms with Crippen molar-refractivity contribution in [2.45, 2.75) is 32.0 Å². The molecule has 0 bridgehead atoms. The molecule has 24 heavy (non-hydrogen) atoms. The lowest BCUT2D eigenvalue weighted by atomic mass is 10.2. The zero-order valence-corrected chi connectivity index (χ0v) is 14.8. The van der Waals surface area contributed by atoms with Gasteiger partial charge in [0.15, 0.2) is 5.16 Å². The van der Waals surface area contributed by atoms with Gasteiger partial charge in [-0.3, -0.25) is 9.59 Å². The van der Waals surface area contributed by atoms with E-state index < -0.39 is 0 Å². The Hall–Kier alpha value is -2.28. The normalized spacial score (nSPS) is 10.5. The Morgan fingerprint density at radius 2 is 2.04 bits per heavy atom. The lowest BCUT2D eigenvalue weighted by Crippen LogP contribution is -2.25. The molecule has 0 saturated carbocycles. The van der Waals surface area contributed by atoms with Crippen LogP contribution >= 0.6 is 11.8 Å². The number of carbonyl (C=O) groups is 1. The number of nitrogens with one attached hydrogen (secondary N) is 2. The molecule has 0 spiro atoms. The summed E-state index contributed by atoms with van der Waals surface area (Å²) in [6.07, 6.45) is 0.687. The maximum atomic E-state index is 11.9. The summed E-state index contributed by atoms with van der Waals surface area (Å²) in [7, 11) is 1.61. The van der Waals surface area contributed by atoms with E-state index in [1.54, 1.807) is 14.0 Å². The SMILES string of the molecule is CCc1nc(SCC(=O)NCc2ccc(OC)cc2)[nH]c(=O)c1C. The van der Waals surface area contributed by atoms with Crippen molar-refractivity contribution in [2.24, 2.45) is 0 Å². The van der Waals surface area contributed by atoms with Crippen molar-refractivity contribution in [3.8, 4) is 5.75 Å². The fraction of sp³-hybridized carbons (Fsp3) is 0.353. The van der Waals surface area contributed by atoms with E-state index in [-0.39, 0.29) is 17.2 Å². The molecule has 1 aromatic carbocycles. The molecule has 0 aliphatic carbocycles. The van der Waals surface area contributed by atoms with Gasteiger partial charge in [0.2, 0.25) is 5.91 Å². The van der Waals surface area contributed by atoms with Gasteiger partial charge >= 0.3 is 0 Å². The summed E-state index contributed by atoms with van der Waals surface area (Å²) in [6, 6.07) is 7.50. The molecule has 1 heterocycles. The molecular formula is C17H21N3O3S. The van der Waals surface area contributed by atoms with Crippen molar-refractivity contribution >= 4 is 17.7 Å². The summed E-state index contributed by atoms with van der Waals surface area (Å²) in [5.74, 6) is 0.865. The molecule has 0 atom stereocenters. The highest BCUT2D eigenvalue weighted by Crippen LogP contribution is 2.13. The molecule has 0 saturated heterocycles. The van der Waals surface area contributed by atoms with Crippen molar-refractivity contribution in [2.75, 3.05) is 12.9 Å². The Morgan fingerprint density at radius 3 is 2.67 bits per heavy atom. The fourth-order valence-corrected chi connectivity index (χ4v) is 2.81. The number of rotatable bonds is 7. The molecule has 2 aromatic rings. The smallest absolute Gasteiger partial charge is 0.254 e. The largest absolute Gasteiger partial charge is 0.497 e. The van der Waals surface area contributed by atoms with Crippen LogP contribution in [0.4, 0.5) is 0 Å². The second-order valence-electron chi connectivity index (χ2n) is 5.21. The van der Waals surface area contributed by atoms with Gasteiger partial charge in [0.1, 0.15) is 5.75 Å². The van der Waals surface area contributed by atoms with Crippen LogP contribution in [-0.4, -0.2) is 28.7 Å². The number of thioether (sulfide) groups is 1. The van der Waals surface area contributed by atoms with E-state index in [4.69, 9.17) is 4.74 Å². The van der Waals surface area contributed by atoms with E-state index in [0.29, 0.717) is 23.7 Å². The van der Waals surface area contributed by atoms with Crippen molar-refractivity contribution in [1.29, 1.82) is 0 Å². The number of nitrogens with zero attached hydrogens (tertiary/aromatic N) is 1. The molecule has 2 N–H and O–H groups in total. The van der Waals surface area contributed by atoms with Crippen LogP contribution in [0.2, 0.25) is 0 Å². The minimum atomic E-state index is -0.150. The predicted molar refractivity (Wildman–Crippen MR) is 94.5 cm³/mol. The van der Waals surface area contributed by atoms with E-state index in [1.807, 2.05) is 31.2 Å². The number of H-pyrrole nitrogens is 1. The van der Waals surface area contributed by atoms with Crippen molar-refractivity contribution in [3.05, 3.63) is 51.4 Å². The lowest BCUT2D eigenvalue weighted by molar-refractivity contribution is -0.118. The van der Waals surface area contributed by atoms with Gasteiger partial charge in [-0.2, -0.15) is 0 Å². The highest BCUT2D eigenvalue weighted by atomic mass is 32.2. The number of aryl methyl sites for hydroxylation is 1. The first kappa shape index (κ1) is 18.1. The third-order valence-electron chi connectivity index (χ3n) is 3.55. The Kier molecular flexibility index (Phi) is 6.43. The molecule has 0 fully saturated rings. The van der Waals surface area contributed by atoms with Gasteiger partial charge in [0.25, 0.3) is 5.56 Å². The summed E-state index contributed by atoms with van der Waals surface area (Å²) in [6.45, 7) is 4.15. The molecule has 0 unspecified atom stereocenters. The summed E-state index contributed by atoms with van der Waals surface area (Å²) in [5, 5.41) is 3.32. The van der Waals surface area contributed by atoms with Gasteiger partial charge in [-0.25, -0.2) is 4.98 Å². The summed E-state index contributed by atoms with van der Waals surface area (Å²) in [4.78, 5) is 30.8. The number of hydrogen-bond acceptors (Lipinski definition) is 5. The standard InChI is InChI=1S/C17H21N3O3S/c1-4-14-11(2)16(22)20-17(19-14)24-10-15(21)18-9-12-5-7-13(23-3)8-6-12/h5-8H,4,9-10H2,1-3H3,(H,18,21)(H,19,20,22). The minimum Gasteiger partial charge on any atom is -0.497 e. The van der Waals surface area contributed by atoms with Gasteiger partial charge in [-0.05, 0) is 31.0 Å². The first-order chi connectivity index (χ1) is 11.5. The van der Waals surface area contributed by atoms with Crippen LogP contribution in [0.5, 0.6) is 5.75 Å². The number of methoxy groups -OCH3 is 1. The zero-order chi connectivity index (χ0) is 17.5. The Bertz CT molecular complexity index is 757. The van der Waals surface area contributed by atoms with Gasteiger partial charge in [-0.1, -0.05) is 30.8 Å². The first-order valence-electron chi connectivity index (χ1n) is 7.65. The fourth-order valence-electron chi connectivity index (χ4n) is 2.10. The molecule has 0 radical (unpaired) electrons. The Balaban J connectivity index is 1.86. The van der Waals surface area contributed by atoms with Gasteiger partial charge in [0.05, 0.1) is 18.6 Å². The van der Waals surface area contributed by atoms with Crippen LogP contribution in [0.25, 0.3) is 0 Å². The highest BCUT2D eigenvalue weighted by Gasteiger charge is 2.09. The summed E-state index contributed by atoms with van der Waals surface area (Å²) in [5.41, 5.74) is 2.23. The van der Waals surface area contributed by atoms with Gasteiger partial charge < -0.3 is 15.0 Å². The van der Waals surface area contributed by atoms with E-state index in [1.165, 1.54) is 11.8 Å². The van der Waals surface area contributed by atoms with Crippen LogP contribution in [0.3, 0.4) is 0 Å². The number of hydrogen-bond donors (Lipinski definition) is 2. The number of amides is 1. The van der Waals surface area contributed by atoms with E-state index >= 15 is 0 Å². The molecule has 2 rings (SSSR count). The molecule has 1 amide bonds. The lowest BCUT2D eigenvalue weighted by Gasteiger charge is -2.07. The van der Waals surface area contributed by atoms with Crippen LogP contribution in [-0.2, 0) is 17.8 Å². The number of carbonyl (C=O) groups excluding carboxylic acids is 1. The van der Waals surface area contributed by atoms with Crippen molar-refractivity contribution in [1.82, 2.24) is 15.3 Å². The number of aromatic amines is 1. The third-order valence-corrected chi connectivity index (χ3v) is 4.43. The van der Waals surface area contributed by atoms with E-state index in [2.05, 4.69) is 15.3 Å². The third kappa shape index (κ3) is 4.86. The highest BCUT2D eigenvalue weighted by molar-refractivity contribution is 7.99. The number of ether oxygens (including phenoxy) is 1. The van der Waals surface area contributed by atoms with Crippen LogP contribution in [0.1, 0.15) is 23.7 Å². The van der Waals surface area contributed by atoms with Crippen molar-refractivity contribution in [3.63, 3.8) is 0 Å². The van der Waals surface area contributed by atoms with Crippen LogP contribution < -0.4 is 15.6 Å². The van der Waals surface area contributed by atoms with E-state index in [9.17, 15) is 9.59 Å². The molecule has 0 aliphatic rings. The topological polar surface area (TPSA) is 84.1 Å². The predicted octanol–water partition coefficient (Wildman–Crippen LogP) is 2.06. The monoisotopic (exact) mass is 347 g/mol. The summed E-state index contributed by atoms with van der Waals surface area (Å²) < 4.78 is 5.09. The van der Waals surface area contributed by atoms with Gasteiger partial charge in [0, 0.05) is 12.1 Å². The van der Waals surface area contributed by atoms with Crippen molar-refractivity contribution < 1.29 is 9.53 Å². The minimum absolute atomic E-state index is 0.114. The zero-order valence-electron chi connectivity index (χ0n) is 14.0. The maximum Gasteiger partial charge on any atom is 0.254 e. The molecule has 0 aliphatic heterocycles. The maximum absolute atomic E-state index is 11.9. The summed E-state index contributed by atoms with van der Waals surface area (Å²) >= 11 is 1.22. The average molecular weight is 347 g/mol. The Labute approximate surface area is 145 Å². The molecule has 1 aromatic heterocycles. The molecule has 128 valence electrons. The average Bonchev–Trinajstić information content (AvgIpc) is 2.61.